The molecule has 0 unspecified atom stereocenters. The van der Waals surface area contributed by atoms with Crippen LogP contribution in [0.2, 0.25) is 5.02 Å². The van der Waals surface area contributed by atoms with Crippen molar-refractivity contribution in [2.24, 2.45) is 0 Å². The van der Waals surface area contributed by atoms with Crippen LogP contribution in [0.15, 0.2) is 42.9 Å². The first-order valence-electron chi connectivity index (χ1n) is 7.07. The Labute approximate surface area is 142 Å². The number of carbonyl (C=O) groups is 1. The lowest BCUT2D eigenvalue weighted by atomic mass is 10.1. The van der Waals surface area contributed by atoms with Crippen LogP contribution in [0.3, 0.4) is 0 Å². The Morgan fingerprint density at radius 2 is 2.30 bits per heavy atom. The minimum absolute atomic E-state index is 0.145. The number of thiazole rings is 1. The second kappa shape index (κ2) is 6.93. The first-order valence-corrected chi connectivity index (χ1v) is 8.26. The highest BCUT2D eigenvalue weighted by Crippen LogP contribution is 2.23. The highest BCUT2D eigenvalue weighted by atomic mass is 35.5. The van der Waals surface area contributed by atoms with Crippen LogP contribution in [0.25, 0.3) is 0 Å². The Balaban J connectivity index is 1.61. The molecule has 3 aromatic rings. The summed E-state index contributed by atoms with van der Waals surface area (Å²) in [7, 11) is 0. The molecule has 5 nitrogen and oxygen atoms in total. The minimum Gasteiger partial charge on any atom is -0.300 e. The average molecular weight is 347 g/mol. The van der Waals surface area contributed by atoms with E-state index in [9.17, 15) is 4.79 Å². The molecule has 0 fully saturated rings. The number of nitrogens with zero attached hydrogens (tertiary/aromatic N) is 3. The van der Waals surface area contributed by atoms with Crippen LogP contribution in [-0.4, -0.2) is 20.7 Å². The molecule has 0 aliphatic carbocycles. The van der Waals surface area contributed by atoms with Gasteiger partial charge in [0.25, 0.3) is 0 Å². The van der Waals surface area contributed by atoms with Gasteiger partial charge in [-0.3, -0.25) is 9.48 Å². The Morgan fingerprint density at radius 1 is 1.43 bits per heavy atom. The summed E-state index contributed by atoms with van der Waals surface area (Å²) in [6, 6.07) is 7.80. The summed E-state index contributed by atoms with van der Waals surface area (Å²) in [6.45, 7) is 2.15. The summed E-state index contributed by atoms with van der Waals surface area (Å²) in [5.74, 6) is -0.145. The number of amides is 1. The molecule has 1 N–H and O–H groups in total. The molecule has 0 bridgehead atoms. The van der Waals surface area contributed by atoms with Crippen LogP contribution in [0, 0.1) is 6.92 Å². The Bertz CT molecular complexity index is 813. The van der Waals surface area contributed by atoms with Crippen LogP contribution in [0.5, 0.6) is 0 Å². The molecule has 3 rings (SSSR count). The van der Waals surface area contributed by atoms with Gasteiger partial charge in [-0.25, -0.2) is 4.98 Å². The summed E-state index contributed by atoms with van der Waals surface area (Å²) in [4.78, 5) is 17.2. The van der Waals surface area contributed by atoms with Crippen molar-refractivity contribution in [3.8, 4) is 0 Å². The Kier molecular flexibility index (Phi) is 4.73. The molecule has 7 heteroatoms. The minimum atomic E-state index is -0.145. The standard InChI is InChI=1S/C16H15ClN4OS/c1-11-3-4-12(8-14(11)17)7-13-9-18-16(23-13)20-15(22)10-21-6-2-5-19-21/h2-6,8-9H,7,10H2,1H3,(H,18,20,22). The van der Waals surface area contributed by atoms with Crippen molar-refractivity contribution in [1.29, 1.82) is 0 Å². The summed E-state index contributed by atoms with van der Waals surface area (Å²) >= 11 is 7.61. The van der Waals surface area contributed by atoms with E-state index in [4.69, 9.17) is 11.6 Å². The Morgan fingerprint density at radius 3 is 3.04 bits per heavy atom. The quantitative estimate of drug-likeness (QED) is 0.768. The van der Waals surface area contributed by atoms with E-state index in [2.05, 4.69) is 21.5 Å². The van der Waals surface area contributed by atoms with Gasteiger partial charge in [0, 0.05) is 34.9 Å². The number of anilines is 1. The number of benzene rings is 1. The molecule has 2 aromatic heterocycles. The van der Waals surface area contributed by atoms with Crippen molar-refractivity contribution in [1.82, 2.24) is 14.8 Å². The molecular formula is C16H15ClN4OS. The maximum Gasteiger partial charge on any atom is 0.247 e. The summed E-state index contributed by atoms with van der Waals surface area (Å²) in [5, 5.41) is 8.15. The number of aromatic nitrogens is 3. The zero-order valence-corrected chi connectivity index (χ0v) is 14.1. The number of rotatable bonds is 5. The molecule has 0 aliphatic heterocycles. The number of aryl methyl sites for hydroxylation is 1. The van der Waals surface area contributed by atoms with Gasteiger partial charge < -0.3 is 5.32 Å². The van der Waals surface area contributed by atoms with Gasteiger partial charge in [0.05, 0.1) is 0 Å². The van der Waals surface area contributed by atoms with Gasteiger partial charge in [-0.05, 0) is 30.2 Å². The molecule has 0 aliphatic rings. The third-order valence-electron chi connectivity index (χ3n) is 3.28. The van der Waals surface area contributed by atoms with E-state index in [1.165, 1.54) is 11.3 Å². The van der Waals surface area contributed by atoms with Crippen molar-refractivity contribution in [2.75, 3.05) is 5.32 Å². The van der Waals surface area contributed by atoms with E-state index in [-0.39, 0.29) is 12.5 Å². The third-order valence-corrected chi connectivity index (χ3v) is 4.60. The van der Waals surface area contributed by atoms with Gasteiger partial charge in [-0.1, -0.05) is 23.7 Å². The molecule has 0 spiro atoms. The molecule has 1 aromatic carbocycles. The molecule has 23 heavy (non-hydrogen) atoms. The zero-order chi connectivity index (χ0) is 16.2. The monoisotopic (exact) mass is 346 g/mol. The highest BCUT2D eigenvalue weighted by Gasteiger charge is 2.08. The molecule has 0 radical (unpaired) electrons. The van der Waals surface area contributed by atoms with Crippen molar-refractivity contribution in [3.05, 3.63) is 63.9 Å². The molecule has 2 heterocycles. The predicted octanol–water partition coefficient (Wildman–Crippen LogP) is 3.53. The highest BCUT2D eigenvalue weighted by molar-refractivity contribution is 7.15. The van der Waals surface area contributed by atoms with Crippen LogP contribution in [0.1, 0.15) is 16.0 Å². The maximum atomic E-state index is 11.9. The number of hydrogen-bond donors (Lipinski definition) is 1. The van der Waals surface area contributed by atoms with Crippen molar-refractivity contribution >= 4 is 34.0 Å². The van der Waals surface area contributed by atoms with Gasteiger partial charge in [0.15, 0.2) is 5.13 Å². The SMILES string of the molecule is Cc1ccc(Cc2cnc(NC(=O)Cn3cccn3)s2)cc1Cl. The van der Waals surface area contributed by atoms with Gasteiger partial charge in [-0.15, -0.1) is 11.3 Å². The van der Waals surface area contributed by atoms with E-state index >= 15 is 0 Å². The number of halogens is 1. The smallest absolute Gasteiger partial charge is 0.247 e. The topological polar surface area (TPSA) is 59.8 Å². The van der Waals surface area contributed by atoms with Gasteiger partial charge >= 0.3 is 0 Å². The number of carbonyl (C=O) groups excluding carboxylic acids is 1. The van der Waals surface area contributed by atoms with E-state index < -0.39 is 0 Å². The molecule has 0 atom stereocenters. The molecule has 118 valence electrons. The summed E-state index contributed by atoms with van der Waals surface area (Å²) in [6.07, 6.45) is 5.91. The molecule has 1 amide bonds. The summed E-state index contributed by atoms with van der Waals surface area (Å²) in [5.41, 5.74) is 2.19. The van der Waals surface area contributed by atoms with Gasteiger partial charge in [0.1, 0.15) is 6.54 Å². The van der Waals surface area contributed by atoms with Crippen LogP contribution >= 0.6 is 22.9 Å². The first kappa shape index (κ1) is 15.7. The lowest BCUT2D eigenvalue weighted by Gasteiger charge is -2.02. The normalized spacial score (nSPS) is 10.7. The Hall–Kier alpha value is -2.18. The largest absolute Gasteiger partial charge is 0.300 e. The van der Waals surface area contributed by atoms with E-state index in [1.807, 2.05) is 19.1 Å². The van der Waals surface area contributed by atoms with Gasteiger partial charge in [0.2, 0.25) is 5.91 Å². The van der Waals surface area contributed by atoms with Crippen molar-refractivity contribution in [3.63, 3.8) is 0 Å². The fourth-order valence-electron chi connectivity index (χ4n) is 2.09. The van der Waals surface area contributed by atoms with Crippen molar-refractivity contribution < 1.29 is 4.79 Å². The lowest BCUT2D eigenvalue weighted by Crippen LogP contribution is -2.18. The fraction of sp³-hybridized carbons (Fsp3) is 0.188. The van der Waals surface area contributed by atoms with Gasteiger partial charge in [-0.2, -0.15) is 5.10 Å². The lowest BCUT2D eigenvalue weighted by molar-refractivity contribution is -0.116. The fourth-order valence-corrected chi connectivity index (χ4v) is 3.16. The summed E-state index contributed by atoms with van der Waals surface area (Å²) < 4.78 is 1.57. The number of hydrogen-bond acceptors (Lipinski definition) is 4. The zero-order valence-electron chi connectivity index (χ0n) is 12.5. The molecular weight excluding hydrogens is 332 g/mol. The van der Waals surface area contributed by atoms with Crippen LogP contribution in [-0.2, 0) is 17.8 Å². The number of nitrogens with one attached hydrogen (secondary N) is 1. The molecule has 0 saturated carbocycles. The second-order valence-corrected chi connectivity index (χ2v) is 6.67. The predicted molar refractivity (Wildman–Crippen MR) is 92.0 cm³/mol. The van der Waals surface area contributed by atoms with E-state index in [1.54, 1.807) is 29.3 Å². The van der Waals surface area contributed by atoms with Crippen molar-refractivity contribution in [2.45, 2.75) is 19.9 Å². The first-order chi connectivity index (χ1) is 11.1. The second-order valence-electron chi connectivity index (χ2n) is 5.14. The third kappa shape index (κ3) is 4.18. The average Bonchev–Trinajstić information content (AvgIpc) is 3.15. The molecule has 0 saturated heterocycles. The van der Waals surface area contributed by atoms with Crippen LogP contribution < -0.4 is 5.32 Å². The maximum absolute atomic E-state index is 11.9. The van der Waals surface area contributed by atoms with Crippen LogP contribution in [0.4, 0.5) is 5.13 Å². The van der Waals surface area contributed by atoms with E-state index in [0.717, 1.165) is 27.4 Å². The van der Waals surface area contributed by atoms with E-state index in [0.29, 0.717) is 5.13 Å².